The summed E-state index contributed by atoms with van der Waals surface area (Å²) in [4.78, 5) is 9.66. The van der Waals surface area contributed by atoms with Gasteiger partial charge in [-0.2, -0.15) is 0 Å². The number of likely N-dealkylation sites (tertiary alicyclic amines) is 2. The maximum atomic E-state index is 4.48. The second-order valence-electron chi connectivity index (χ2n) is 8.97. The van der Waals surface area contributed by atoms with E-state index in [4.69, 9.17) is 0 Å². The van der Waals surface area contributed by atoms with E-state index < -0.39 is 0 Å². The summed E-state index contributed by atoms with van der Waals surface area (Å²) in [6.45, 7) is 11.4. The average Bonchev–Trinajstić information content (AvgIpc) is 2.74. The van der Waals surface area contributed by atoms with Crippen molar-refractivity contribution in [1.29, 1.82) is 0 Å². The highest BCUT2D eigenvalue weighted by Crippen LogP contribution is 2.20. The zero-order valence-electron chi connectivity index (χ0n) is 18.1. The molecule has 28 heavy (non-hydrogen) atoms. The fourth-order valence-electron chi connectivity index (χ4n) is 4.38. The van der Waals surface area contributed by atoms with Gasteiger partial charge in [0.1, 0.15) is 0 Å². The number of aliphatic imine (C=N–C) groups is 1. The Bertz CT molecular complexity index is 599. The van der Waals surface area contributed by atoms with E-state index in [1.807, 2.05) is 7.05 Å². The Morgan fingerprint density at radius 2 is 1.71 bits per heavy atom. The quantitative estimate of drug-likeness (QED) is 0.583. The van der Waals surface area contributed by atoms with Gasteiger partial charge in [0, 0.05) is 44.8 Å². The van der Waals surface area contributed by atoms with Crippen LogP contribution in [0.5, 0.6) is 0 Å². The predicted octanol–water partition coefficient (Wildman–Crippen LogP) is 3.08. The first-order chi connectivity index (χ1) is 13.6. The van der Waals surface area contributed by atoms with Crippen LogP contribution in [-0.4, -0.2) is 67.1 Å². The van der Waals surface area contributed by atoms with Crippen molar-refractivity contribution in [2.24, 2.45) is 4.99 Å². The van der Waals surface area contributed by atoms with Gasteiger partial charge in [0.2, 0.25) is 0 Å². The van der Waals surface area contributed by atoms with Crippen LogP contribution in [0.3, 0.4) is 0 Å². The minimum Gasteiger partial charge on any atom is -0.355 e. The molecule has 1 aromatic carbocycles. The van der Waals surface area contributed by atoms with Crippen LogP contribution in [0.1, 0.15) is 51.5 Å². The fourth-order valence-corrected chi connectivity index (χ4v) is 4.38. The van der Waals surface area contributed by atoms with Crippen molar-refractivity contribution in [3.8, 4) is 0 Å². The van der Waals surface area contributed by atoms with Crippen molar-refractivity contribution < 1.29 is 0 Å². The molecule has 3 rings (SSSR count). The first-order valence-electron chi connectivity index (χ1n) is 11.1. The number of nitrogens with one attached hydrogen (secondary N) is 2. The number of hydrogen-bond donors (Lipinski definition) is 2. The summed E-state index contributed by atoms with van der Waals surface area (Å²) in [6.07, 6.45) is 6.38. The molecule has 2 fully saturated rings. The summed E-state index contributed by atoms with van der Waals surface area (Å²) in [6, 6.07) is 11.3. The summed E-state index contributed by atoms with van der Waals surface area (Å²) in [7, 11) is 1.88. The van der Waals surface area contributed by atoms with E-state index in [-0.39, 0.29) is 5.54 Å². The third-order valence-corrected chi connectivity index (χ3v) is 6.30. The molecule has 0 bridgehead atoms. The lowest BCUT2D eigenvalue weighted by atomic mass is 9.98. The van der Waals surface area contributed by atoms with Crippen LogP contribution >= 0.6 is 0 Å². The van der Waals surface area contributed by atoms with E-state index >= 15 is 0 Å². The molecule has 156 valence electrons. The first kappa shape index (κ1) is 21.1. The standard InChI is InChI=1S/C23H39N5/c1-23(2,28-14-8-5-9-15-28)19-25-22(24-3)26-21-12-16-27(17-13-21)18-20-10-6-4-7-11-20/h4,6-7,10-11,21H,5,8-9,12-19H2,1-3H3,(H2,24,25,26). The lowest BCUT2D eigenvalue weighted by molar-refractivity contribution is 0.0981. The Hall–Kier alpha value is -1.59. The van der Waals surface area contributed by atoms with Gasteiger partial charge < -0.3 is 10.6 Å². The number of rotatable bonds is 6. The zero-order valence-corrected chi connectivity index (χ0v) is 18.1. The highest BCUT2D eigenvalue weighted by Gasteiger charge is 2.28. The Balaban J connectivity index is 1.40. The number of hydrogen-bond acceptors (Lipinski definition) is 3. The van der Waals surface area contributed by atoms with Crippen molar-refractivity contribution >= 4 is 5.96 Å². The molecule has 0 atom stereocenters. The van der Waals surface area contributed by atoms with Crippen LogP contribution in [0.2, 0.25) is 0 Å². The van der Waals surface area contributed by atoms with Gasteiger partial charge in [0.25, 0.3) is 0 Å². The molecular formula is C23H39N5. The average molecular weight is 386 g/mol. The molecular weight excluding hydrogens is 346 g/mol. The Labute approximate surface area is 171 Å². The van der Waals surface area contributed by atoms with Crippen LogP contribution in [0, 0.1) is 0 Å². The molecule has 0 aromatic heterocycles. The summed E-state index contributed by atoms with van der Waals surface area (Å²) in [5.74, 6) is 0.951. The van der Waals surface area contributed by atoms with Crippen molar-refractivity contribution in [2.75, 3.05) is 39.8 Å². The third-order valence-electron chi connectivity index (χ3n) is 6.30. The summed E-state index contributed by atoms with van der Waals surface area (Å²) in [5, 5.41) is 7.25. The van der Waals surface area contributed by atoms with Crippen molar-refractivity contribution in [3.05, 3.63) is 35.9 Å². The van der Waals surface area contributed by atoms with E-state index in [9.17, 15) is 0 Å². The van der Waals surface area contributed by atoms with Gasteiger partial charge in [-0.05, 0) is 58.2 Å². The van der Waals surface area contributed by atoms with Crippen molar-refractivity contribution in [2.45, 2.75) is 64.1 Å². The minimum atomic E-state index is 0.164. The smallest absolute Gasteiger partial charge is 0.191 e. The molecule has 5 nitrogen and oxygen atoms in total. The molecule has 0 amide bonds. The van der Waals surface area contributed by atoms with Crippen LogP contribution in [0.25, 0.3) is 0 Å². The Morgan fingerprint density at radius 1 is 1.04 bits per heavy atom. The van der Waals surface area contributed by atoms with E-state index in [0.717, 1.165) is 32.1 Å². The number of nitrogens with zero attached hydrogens (tertiary/aromatic N) is 3. The van der Waals surface area contributed by atoms with Gasteiger partial charge in [-0.25, -0.2) is 0 Å². The van der Waals surface area contributed by atoms with E-state index in [0.29, 0.717) is 6.04 Å². The van der Waals surface area contributed by atoms with Crippen LogP contribution in [0.15, 0.2) is 35.3 Å². The fraction of sp³-hybridized carbons (Fsp3) is 0.696. The predicted molar refractivity (Wildman–Crippen MR) is 119 cm³/mol. The highest BCUT2D eigenvalue weighted by atomic mass is 15.3. The maximum Gasteiger partial charge on any atom is 0.191 e. The molecule has 0 unspecified atom stereocenters. The molecule has 5 heteroatoms. The van der Waals surface area contributed by atoms with E-state index in [1.54, 1.807) is 0 Å². The van der Waals surface area contributed by atoms with Gasteiger partial charge in [0.05, 0.1) is 0 Å². The van der Waals surface area contributed by atoms with E-state index in [1.165, 1.54) is 50.8 Å². The van der Waals surface area contributed by atoms with Gasteiger partial charge in [-0.3, -0.25) is 14.8 Å². The number of piperidine rings is 2. The highest BCUT2D eigenvalue weighted by molar-refractivity contribution is 5.80. The molecule has 2 saturated heterocycles. The first-order valence-corrected chi connectivity index (χ1v) is 11.1. The summed E-state index contributed by atoms with van der Waals surface area (Å²) in [5.41, 5.74) is 1.57. The SMILES string of the molecule is CN=C(NCC(C)(C)N1CCCCC1)NC1CCN(Cc2ccccc2)CC1. The van der Waals surface area contributed by atoms with E-state index in [2.05, 4.69) is 69.6 Å². The molecule has 2 heterocycles. The number of benzene rings is 1. The topological polar surface area (TPSA) is 42.9 Å². The lowest BCUT2D eigenvalue weighted by Crippen LogP contribution is -2.56. The van der Waals surface area contributed by atoms with Gasteiger partial charge in [-0.15, -0.1) is 0 Å². The molecule has 2 N–H and O–H groups in total. The van der Waals surface area contributed by atoms with Crippen molar-refractivity contribution in [3.63, 3.8) is 0 Å². The minimum absolute atomic E-state index is 0.164. The lowest BCUT2D eigenvalue weighted by Gasteiger charge is -2.41. The molecule has 2 aliphatic rings. The van der Waals surface area contributed by atoms with Gasteiger partial charge in [-0.1, -0.05) is 36.8 Å². The largest absolute Gasteiger partial charge is 0.355 e. The molecule has 0 spiro atoms. The third kappa shape index (κ3) is 6.21. The molecule has 0 radical (unpaired) electrons. The number of guanidine groups is 1. The second-order valence-corrected chi connectivity index (χ2v) is 8.97. The zero-order chi connectivity index (χ0) is 19.8. The molecule has 2 aliphatic heterocycles. The Kier molecular flexibility index (Phi) is 7.74. The maximum absolute atomic E-state index is 4.48. The molecule has 1 aromatic rings. The second kappa shape index (κ2) is 10.3. The van der Waals surface area contributed by atoms with Crippen LogP contribution < -0.4 is 10.6 Å². The van der Waals surface area contributed by atoms with Crippen molar-refractivity contribution in [1.82, 2.24) is 20.4 Å². The van der Waals surface area contributed by atoms with Crippen LogP contribution in [0.4, 0.5) is 0 Å². The summed E-state index contributed by atoms with van der Waals surface area (Å²) >= 11 is 0. The monoisotopic (exact) mass is 385 g/mol. The molecule has 0 saturated carbocycles. The summed E-state index contributed by atoms with van der Waals surface area (Å²) < 4.78 is 0. The normalized spacial score (nSPS) is 20.9. The molecule has 0 aliphatic carbocycles. The Morgan fingerprint density at radius 3 is 2.36 bits per heavy atom. The van der Waals surface area contributed by atoms with Crippen LogP contribution in [-0.2, 0) is 6.54 Å². The van der Waals surface area contributed by atoms with Gasteiger partial charge >= 0.3 is 0 Å². The van der Waals surface area contributed by atoms with Gasteiger partial charge in [0.15, 0.2) is 5.96 Å².